The van der Waals surface area contributed by atoms with Crippen LogP contribution in [0.1, 0.15) is 21.6 Å². The fourth-order valence-electron chi connectivity index (χ4n) is 2.82. The van der Waals surface area contributed by atoms with E-state index in [2.05, 4.69) is 10.4 Å². The summed E-state index contributed by atoms with van der Waals surface area (Å²) in [5.74, 6) is -0.333. The van der Waals surface area contributed by atoms with Crippen molar-refractivity contribution in [1.82, 2.24) is 14.3 Å². The lowest BCUT2D eigenvalue weighted by Gasteiger charge is -2.12. The highest BCUT2D eigenvalue weighted by atomic mass is 19.4. The minimum absolute atomic E-state index is 0.151. The third kappa shape index (κ3) is 4.77. The second-order valence-corrected chi connectivity index (χ2v) is 6.53. The number of aryl methyl sites for hydroxylation is 1. The Bertz CT molecular complexity index is 1120. The number of alkyl halides is 3. The zero-order valence-electron chi connectivity index (χ0n) is 16.2. The predicted molar refractivity (Wildman–Crippen MR) is 104 cm³/mol. The van der Waals surface area contributed by atoms with Crippen LogP contribution in [0.5, 0.6) is 0 Å². The lowest BCUT2D eigenvalue weighted by Crippen LogP contribution is -2.24. The van der Waals surface area contributed by atoms with E-state index in [1.54, 1.807) is 13.0 Å². The summed E-state index contributed by atoms with van der Waals surface area (Å²) < 4.78 is 46.6. The van der Waals surface area contributed by atoms with Crippen molar-refractivity contribution in [3.8, 4) is 5.69 Å². The van der Waals surface area contributed by atoms with Crippen molar-refractivity contribution in [2.24, 2.45) is 0 Å². The monoisotopic (exact) mass is 420 g/mol. The molecular formula is C20H19F3N4O3. The van der Waals surface area contributed by atoms with E-state index in [0.717, 1.165) is 12.1 Å². The average molecular weight is 420 g/mol. The standard InChI is InChI=1S/C20H19F3N4O3/c1-13-10-17(27(25-13)16-5-3-4-15(11-16)20(21,22)23)24-19(29)14-6-7-18(28)26(12-14)8-9-30-2/h3-7,10-12H,8-9H2,1-2H3,(H,24,29). The summed E-state index contributed by atoms with van der Waals surface area (Å²) in [6.07, 6.45) is -3.11. The van der Waals surface area contributed by atoms with Gasteiger partial charge in [-0.2, -0.15) is 18.3 Å². The number of nitrogens with one attached hydrogen (secondary N) is 1. The van der Waals surface area contributed by atoms with Crippen molar-refractivity contribution in [2.45, 2.75) is 19.6 Å². The number of carbonyl (C=O) groups excluding carboxylic acids is 1. The molecule has 3 rings (SSSR count). The van der Waals surface area contributed by atoms with Crippen molar-refractivity contribution in [3.05, 3.63) is 75.8 Å². The number of pyridine rings is 1. The van der Waals surface area contributed by atoms with Gasteiger partial charge in [0.15, 0.2) is 0 Å². The van der Waals surface area contributed by atoms with E-state index in [9.17, 15) is 22.8 Å². The van der Waals surface area contributed by atoms with Gasteiger partial charge in [-0.05, 0) is 31.2 Å². The Labute approximate surface area is 169 Å². The topological polar surface area (TPSA) is 78.2 Å². The van der Waals surface area contributed by atoms with Crippen LogP contribution in [-0.4, -0.2) is 34.0 Å². The van der Waals surface area contributed by atoms with Crippen LogP contribution in [0.4, 0.5) is 19.0 Å². The van der Waals surface area contributed by atoms with Gasteiger partial charge in [0.05, 0.1) is 29.1 Å². The lowest BCUT2D eigenvalue weighted by atomic mass is 10.2. The van der Waals surface area contributed by atoms with E-state index in [1.807, 2.05) is 0 Å². The first-order valence-corrected chi connectivity index (χ1v) is 8.94. The summed E-state index contributed by atoms with van der Waals surface area (Å²) in [6.45, 7) is 2.23. The quantitative estimate of drug-likeness (QED) is 0.664. The number of hydrogen-bond donors (Lipinski definition) is 1. The number of aromatic nitrogens is 3. The minimum Gasteiger partial charge on any atom is -0.383 e. The molecule has 1 aromatic carbocycles. The molecule has 1 amide bonds. The number of methoxy groups -OCH3 is 1. The van der Waals surface area contributed by atoms with Crippen LogP contribution < -0.4 is 10.9 Å². The normalized spacial score (nSPS) is 11.5. The number of benzene rings is 1. The van der Waals surface area contributed by atoms with E-state index in [-0.39, 0.29) is 29.2 Å². The average Bonchev–Trinajstić information content (AvgIpc) is 3.06. The molecule has 2 aromatic heterocycles. The zero-order valence-corrected chi connectivity index (χ0v) is 16.2. The van der Waals surface area contributed by atoms with E-state index in [1.165, 1.54) is 46.8 Å². The van der Waals surface area contributed by atoms with Gasteiger partial charge in [0, 0.05) is 32.0 Å². The number of rotatable bonds is 6. The Morgan fingerprint density at radius 3 is 2.67 bits per heavy atom. The van der Waals surface area contributed by atoms with Gasteiger partial charge >= 0.3 is 6.18 Å². The molecule has 0 atom stereocenters. The van der Waals surface area contributed by atoms with Gasteiger partial charge in [0.25, 0.3) is 11.5 Å². The number of hydrogen-bond acceptors (Lipinski definition) is 4. The number of anilines is 1. The van der Waals surface area contributed by atoms with E-state index in [0.29, 0.717) is 12.3 Å². The Kier molecular flexibility index (Phi) is 6.06. The van der Waals surface area contributed by atoms with Crippen LogP contribution in [0.3, 0.4) is 0 Å². The molecule has 0 aliphatic rings. The molecule has 0 saturated heterocycles. The highest BCUT2D eigenvalue weighted by molar-refractivity contribution is 6.03. The first-order chi connectivity index (χ1) is 14.2. The number of nitrogens with zero attached hydrogens (tertiary/aromatic N) is 3. The molecule has 158 valence electrons. The fourth-order valence-corrected chi connectivity index (χ4v) is 2.82. The summed E-state index contributed by atoms with van der Waals surface area (Å²) in [4.78, 5) is 24.6. The molecule has 0 aliphatic heterocycles. The van der Waals surface area contributed by atoms with E-state index in [4.69, 9.17) is 4.74 Å². The summed E-state index contributed by atoms with van der Waals surface area (Å²) in [6, 6.07) is 8.82. The van der Waals surface area contributed by atoms with Crippen LogP contribution in [0.15, 0.2) is 53.5 Å². The maximum atomic E-state index is 13.0. The minimum atomic E-state index is -4.50. The molecule has 0 aliphatic carbocycles. The van der Waals surface area contributed by atoms with E-state index < -0.39 is 17.6 Å². The SMILES string of the molecule is COCCn1cc(C(=O)Nc2cc(C)nn2-c2cccc(C(F)(F)F)c2)ccc1=O. The molecule has 0 unspecified atom stereocenters. The second kappa shape index (κ2) is 8.54. The van der Waals surface area contributed by atoms with Crippen molar-refractivity contribution >= 4 is 11.7 Å². The molecule has 1 N–H and O–H groups in total. The van der Waals surface area contributed by atoms with Crippen molar-refractivity contribution in [3.63, 3.8) is 0 Å². The van der Waals surface area contributed by atoms with Gasteiger partial charge in [-0.25, -0.2) is 4.68 Å². The summed E-state index contributed by atoms with van der Waals surface area (Å²) in [5.41, 5.74) is -0.240. The van der Waals surface area contributed by atoms with Gasteiger partial charge in [-0.3, -0.25) is 9.59 Å². The highest BCUT2D eigenvalue weighted by Crippen LogP contribution is 2.31. The molecule has 0 fully saturated rings. The predicted octanol–water partition coefficient (Wildman–Crippen LogP) is 3.26. The van der Waals surface area contributed by atoms with Crippen molar-refractivity contribution < 1.29 is 22.7 Å². The molecule has 30 heavy (non-hydrogen) atoms. The van der Waals surface area contributed by atoms with Gasteiger partial charge in [-0.1, -0.05) is 6.07 Å². The Morgan fingerprint density at radius 1 is 1.20 bits per heavy atom. The molecule has 7 nitrogen and oxygen atoms in total. The van der Waals surface area contributed by atoms with Crippen LogP contribution in [0.25, 0.3) is 5.69 Å². The number of halogens is 3. The Morgan fingerprint density at radius 2 is 1.97 bits per heavy atom. The third-order valence-corrected chi connectivity index (χ3v) is 4.27. The number of amides is 1. The highest BCUT2D eigenvalue weighted by Gasteiger charge is 2.30. The summed E-state index contributed by atoms with van der Waals surface area (Å²) in [7, 11) is 1.50. The maximum absolute atomic E-state index is 13.0. The fraction of sp³-hybridized carbons (Fsp3) is 0.250. The molecule has 0 saturated carbocycles. The van der Waals surface area contributed by atoms with Gasteiger partial charge in [0.2, 0.25) is 0 Å². The number of carbonyl (C=O) groups is 1. The zero-order chi connectivity index (χ0) is 21.9. The molecule has 3 aromatic rings. The van der Waals surface area contributed by atoms with Crippen molar-refractivity contribution in [2.75, 3.05) is 19.0 Å². The van der Waals surface area contributed by atoms with Gasteiger partial charge in [-0.15, -0.1) is 0 Å². The largest absolute Gasteiger partial charge is 0.416 e. The first kappa shape index (κ1) is 21.3. The number of ether oxygens (including phenoxy) is 1. The molecule has 2 heterocycles. The van der Waals surface area contributed by atoms with Crippen LogP contribution in [0.2, 0.25) is 0 Å². The van der Waals surface area contributed by atoms with Crippen molar-refractivity contribution in [1.29, 1.82) is 0 Å². The van der Waals surface area contributed by atoms with Crippen LogP contribution >= 0.6 is 0 Å². The van der Waals surface area contributed by atoms with E-state index >= 15 is 0 Å². The Balaban J connectivity index is 1.91. The third-order valence-electron chi connectivity index (χ3n) is 4.27. The second-order valence-electron chi connectivity index (χ2n) is 6.53. The smallest absolute Gasteiger partial charge is 0.383 e. The summed E-state index contributed by atoms with van der Waals surface area (Å²) >= 11 is 0. The maximum Gasteiger partial charge on any atom is 0.416 e. The van der Waals surface area contributed by atoms with Crippen LogP contribution in [-0.2, 0) is 17.5 Å². The molecular weight excluding hydrogens is 401 g/mol. The Hall–Kier alpha value is -3.40. The first-order valence-electron chi connectivity index (χ1n) is 8.94. The summed E-state index contributed by atoms with van der Waals surface area (Å²) in [5, 5.41) is 6.83. The van der Waals surface area contributed by atoms with Crippen LogP contribution in [0, 0.1) is 6.92 Å². The lowest BCUT2D eigenvalue weighted by molar-refractivity contribution is -0.137. The molecule has 0 spiro atoms. The molecule has 10 heteroatoms. The molecule has 0 bridgehead atoms. The molecule has 0 radical (unpaired) electrons. The van der Waals surface area contributed by atoms with Gasteiger partial charge in [0.1, 0.15) is 5.82 Å². The van der Waals surface area contributed by atoms with Gasteiger partial charge < -0.3 is 14.6 Å².